The molecule has 1 N–H and O–H groups in total. The number of hydrogen-bond acceptors (Lipinski definition) is 3. The summed E-state index contributed by atoms with van der Waals surface area (Å²) in [6.07, 6.45) is 0. The highest BCUT2D eigenvalue weighted by Gasteiger charge is 2.20. The van der Waals surface area contributed by atoms with Crippen LogP contribution in [-0.4, -0.2) is 10.8 Å². The maximum Gasteiger partial charge on any atom is 0.273 e. The summed E-state index contributed by atoms with van der Waals surface area (Å²) in [4.78, 5) is 23.1. The van der Waals surface area contributed by atoms with Crippen molar-refractivity contribution in [1.82, 2.24) is 5.32 Å². The largest absolute Gasteiger partial charge is 0.346 e. The number of benzene rings is 2. The SMILES string of the molecule is Cc1c(C(=O)N[C@H](C)c2ccc(C(C)(C)C)cc2)cccc1[N+](=O)[O-]. The maximum absolute atomic E-state index is 12.5. The predicted molar refractivity (Wildman–Crippen MR) is 98.9 cm³/mol. The molecule has 0 aliphatic rings. The average Bonchev–Trinajstić information content (AvgIpc) is 2.53. The summed E-state index contributed by atoms with van der Waals surface area (Å²) < 4.78 is 0. The Hall–Kier alpha value is -2.69. The van der Waals surface area contributed by atoms with Gasteiger partial charge in [0.15, 0.2) is 0 Å². The van der Waals surface area contributed by atoms with Crippen LogP contribution >= 0.6 is 0 Å². The molecule has 0 bridgehead atoms. The third-order valence-electron chi connectivity index (χ3n) is 4.37. The van der Waals surface area contributed by atoms with Crippen LogP contribution in [-0.2, 0) is 5.41 Å². The number of nitro benzene ring substituents is 1. The van der Waals surface area contributed by atoms with Crippen LogP contribution in [0.5, 0.6) is 0 Å². The van der Waals surface area contributed by atoms with Gasteiger partial charge in [-0.05, 0) is 36.5 Å². The van der Waals surface area contributed by atoms with Crippen molar-refractivity contribution in [1.29, 1.82) is 0 Å². The molecule has 25 heavy (non-hydrogen) atoms. The molecule has 0 radical (unpaired) electrons. The minimum absolute atomic E-state index is 0.0465. The summed E-state index contributed by atoms with van der Waals surface area (Å²) in [5.74, 6) is -0.311. The fraction of sp³-hybridized carbons (Fsp3) is 0.350. The normalized spacial score (nSPS) is 12.5. The molecule has 0 fully saturated rings. The number of nitro groups is 1. The lowest BCUT2D eigenvalue weighted by Gasteiger charge is -2.21. The summed E-state index contributed by atoms with van der Waals surface area (Å²) in [5, 5.41) is 13.9. The summed E-state index contributed by atoms with van der Waals surface area (Å²) in [5.41, 5.74) is 2.95. The van der Waals surface area contributed by atoms with E-state index in [9.17, 15) is 14.9 Å². The third-order valence-corrected chi connectivity index (χ3v) is 4.37. The minimum atomic E-state index is -0.471. The Morgan fingerprint density at radius 3 is 2.24 bits per heavy atom. The van der Waals surface area contributed by atoms with Crippen LogP contribution in [0.3, 0.4) is 0 Å². The Morgan fingerprint density at radius 1 is 1.12 bits per heavy atom. The molecular weight excluding hydrogens is 316 g/mol. The van der Waals surface area contributed by atoms with Crippen LogP contribution in [0.1, 0.15) is 60.8 Å². The Balaban J connectivity index is 2.18. The minimum Gasteiger partial charge on any atom is -0.346 e. The van der Waals surface area contributed by atoms with Crippen LogP contribution in [0.2, 0.25) is 0 Å². The topological polar surface area (TPSA) is 72.2 Å². The number of hydrogen-bond donors (Lipinski definition) is 1. The highest BCUT2D eigenvalue weighted by atomic mass is 16.6. The molecule has 0 aliphatic carbocycles. The van der Waals surface area contributed by atoms with Gasteiger partial charge in [0.1, 0.15) is 0 Å². The van der Waals surface area contributed by atoms with Crippen molar-refractivity contribution in [3.8, 4) is 0 Å². The molecule has 1 atom stereocenters. The highest BCUT2D eigenvalue weighted by Crippen LogP contribution is 2.25. The fourth-order valence-electron chi connectivity index (χ4n) is 2.70. The van der Waals surface area contributed by atoms with Crippen LogP contribution in [0.25, 0.3) is 0 Å². The molecule has 0 aliphatic heterocycles. The summed E-state index contributed by atoms with van der Waals surface area (Å²) >= 11 is 0. The average molecular weight is 340 g/mol. The second-order valence-electron chi connectivity index (χ2n) is 7.27. The quantitative estimate of drug-likeness (QED) is 0.648. The first kappa shape index (κ1) is 18.6. The molecular formula is C20H24N2O3. The molecule has 1 amide bonds. The fourth-order valence-corrected chi connectivity index (χ4v) is 2.70. The number of amides is 1. The van der Waals surface area contributed by atoms with Gasteiger partial charge >= 0.3 is 0 Å². The van der Waals surface area contributed by atoms with Crippen molar-refractivity contribution in [3.05, 3.63) is 74.8 Å². The van der Waals surface area contributed by atoms with Gasteiger partial charge in [-0.2, -0.15) is 0 Å². The van der Waals surface area contributed by atoms with Gasteiger partial charge in [-0.1, -0.05) is 51.1 Å². The van der Waals surface area contributed by atoms with Gasteiger partial charge in [0.2, 0.25) is 0 Å². The van der Waals surface area contributed by atoms with E-state index in [0.29, 0.717) is 11.1 Å². The van der Waals surface area contributed by atoms with E-state index in [1.165, 1.54) is 17.7 Å². The molecule has 0 saturated carbocycles. The van der Waals surface area contributed by atoms with Crippen molar-refractivity contribution in [2.75, 3.05) is 0 Å². The maximum atomic E-state index is 12.5. The second kappa shape index (κ2) is 7.05. The summed E-state index contributed by atoms with van der Waals surface area (Å²) in [6.45, 7) is 9.95. The molecule has 2 aromatic carbocycles. The van der Waals surface area contributed by atoms with Crippen LogP contribution in [0, 0.1) is 17.0 Å². The molecule has 2 rings (SSSR count). The molecule has 2 aromatic rings. The van der Waals surface area contributed by atoms with E-state index in [0.717, 1.165) is 5.56 Å². The van der Waals surface area contributed by atoms with Crippen molar-refractivity contribution in [2.45, 2.75) is 46.1 Å². The van der Waals surface area contributed by atoms with Gasteiger partial charge in [0, 0.05) is 17.2 Å². The van der Waals surface area contributed by atoms with E-state index < -0.39 is 4.92 Å². The molecule has 0 saturated heterocycles. The lowest BCUT2D eigenvalue weighted by molar-refractivity contribution is -0.385. The number of nitrogens with zero attached hydrogens (tertiary/aromatic N) is 1. The monoisotopic (exact) mass is 340 g/mol. The van der Waals surface area contributed by atoms with E-state index in [2.05, 4.69) is 38.2 Å². The Labute approximate surface area is 148 Å². The molecule has 0 heterocycles. The van der Waals surface area contributed by atoms with E-state index in [1.54, 1.807) is 13.0 Å². The molecule has 5 heteroatoms. The van der Waals surface area contributed by atoms with Gasteiger partial charge < -0.3 is 5.32 Å². The summed E-state index contributed by atoms with van der Waals surface area (Å²) in [6, 6.07) is 12.5. The zero-order valence-corrected chi connectivity index (χ0v) is 15.3. The number of nitrogens with one attached hydrogen (secondary N) is 1. The highest BCUT2D eigenvalue weighted by molar-refractivity contribution is 5.96. The Kier molecular flexibility index (Phi) is 5.26. The first-order chi connectivity index (χ1) is 11.6. The van der Waals surface area contributed by atoms with Crippen molar-refractivity contribution < 1.29 is 9.72 Å². The van der Waals surface area contributed by atoms with Crippen molar-refractivity contribution in [3.63, 3.8) is 0 Å². The first-order valence-electron chi connectivity index (χ1n) is 8.26. The van der Waals surface area contributed by atoms with Crippen LogP contribution < -0.4 is 5.32 Å². The molecule has 132 valence electrons. The third kappa shape index (κ3) is 4.24. The smallest absolute Gasteiger partial charge is 0.273 e. The first-order valence-corrected chi connectivity index (χ1v) is 8.26. The number of rotatable bonds is 4. The number of carbonyl (C=O) groups excluding carboxylic acids is 1. The lowest BCUT2D eigenvalue weighted by Crippen LogP contribution is -2.27. The molecule has 0 aromatic heterocycles. The zero-order chi connectivity index (χ0) is 18.8. The van der Waals surface area contributed by atoms with Gasteiger partial charge in [-0.15, -0.1) is 0 Å². The van der Waals surface area contributed by atoms with Crippen LogP contribution in [0.15, 0.2) is 42.5 Å². The zero-order valence-electron chi connectivity index (χ0n) is 15.3. The van der Waals surface area contributed by atoms with Crippen molar-refractivity contribution in [2.24, 2.45) is 0 Å². The molecule has 0 spiro atoms. The van der Waals surface area contributed by atoms with E-state index in [-0.39, 0.29) is 23.1 Å². The van der Waals surface area contributed by atoms with Gasteiger partial charge in [0.05, 0.1) is 11.0 Å². The van der Waals surface area contributed by atoms with E-state index in [4.69, 9.17) is 0 Å². The van der Waals surface area contributed by atoms with Gasteiger partial charge in [0.25, 0.3) is 11.6 Å². The van der Waals surface area contributed by atoms with E-state index in [1.807, 2.05) is 19.1 Å². The van der Waals surface area contributed by atoms with Crippen LogP contribution in [0.4, 0.5) is 5.69 Å². The predicted octanol–water partition coefficient (Wildman–Crippen LogP) is 4.69. The van der Waals surface area contributed by atoms with Gasteiger partial charge in [-0.25, -0.2) is 0 Å². The summed E-state index contributed by atoms with van der Waals surface area (Å²) in [7, 11) is 0. The van der Waals surface area contributed by atoms with Crippen molar-refractivity contribution >= 4 is 11.6 Å². The van der Waals surface area contributed by atoms with E-state index >= 15 is 0 Å². The molecule has 5 nitrogen and oxygen atoms in total. The Morgan fingerprint density at radius 2 is 1.72 bits per heavy atom. The molecule has 0 unspecified atom stereocenters. The van der Waals surface area contributed by atoms with Gasteiger partial charge in [-0.3, -0.25) is 14.9 Å². The standard InChI is InChI=1S/C20H24N2O3/c1-13-17(7-6-8-18(13)22(24)25)19(23)21-14(2)15-9-11-16(12-10-15)20(3,4)5/h6-12,14H,1-5H3,(H,21,23)/t14-/m1/s1. The second-order valence-corrected chi connectivity index (χ2v) is 7.27. The Bertz CT molecular complexity index is 790. The lowest BCUT2D eigenvalue weighted by atomic mass is 9.86. The number of carbonyl (C=O) groups is 1.